The van der Waals surface area contributed by atoms with Crippen molar-refractivity contribution in [2.24, 2.45) is 11.5 Å². The fourth-order valence-electron chi connectivity index (χ4n) is 1.86. The van der Waals surface area contributed by atoms with Gasteiger partial charge < -0.3 is 26.0 Å². The Balaban J connectivity index is 0. The van der Waals surface area contributed by atoms with Crippen molar-refractivity contribution in [1.82, 2.24) is 0 Å². The second-order valence-corrected chi connectivity index (χ2v) is 8.09. The van der Waals surface area contributed by atoms with E-state index in [9.17, 15) is 14.4 Å². The van der Waals surface area contributed by atoms with Gasteiger partial charge in [-0.05, 0) is 43.3 Å². The summed E-state index contributed by atoms with van der Waals surface area (Å²) in [7, 11) is 0. The molecule has 0 radical (unpaired) electrons. The van der Waals surface area contributed by atoms with Crippen molar-refractivity contribution in [2.45, 2.75) is 63.8 Å². The van der Waals surface area contributed by atoms with Crippen LogP contribution in [0.3, 0.4) is 0 Å². The first-order chi connectivity index (χ1) is 13.7. The molecule has 0 aliphatic rings. The molecule has 0 saturated heterocycles. The van der Waals surface area contributed by atoms with Crippen LogP contribution >= 0.6 is 23.5 Å². The predicted molar refractivity (Wildman–Crippen MR) is 120 cm³/mol. The van der Waals surface area contributed by atoms with Gasteiger partial charge in [0.25, 0.3) is 0 Å². The van der Waals surface area contributed by atoms with Gasteiger partial charge in [0.05, 0.1) is 0 Å². The molecule has 2 atom stereocenters. The second kappa shape index (κ2) is 20.1. The Kier molecular flexibility index (Phi) is 20.7. The summed E-state index contributed by atoms with van der Waals surface area (Å²) in [4.78, 5) is 33.3. The summed E-state index contributed by atoms with van der Waals surface area (Å²) in [6.07, 6.45) is 8.16. The van der Waals surface area contributed by atoms with Gasteiger partial charge in [0.15, 0.2) is 0 Å². The molecule has 0 bridgehead atoms. The normalized spacial score (nSPS) is 12.3. The van der Waals surface area contributed by atoms with Crippen LogP contribution in [0.2, 0.25) is 0 Å². The van der Waals surface area contributed by atoms with E-state index in [0.29, 0.717) is 19.3 Å². The quantitative estimate of drug-likeness (QED) is 0.147. The maximum absolute atomic E-state index is 12.0. The fourth-order valence-corrected chi connectivity index (χ4v) is 2.84. The van der Waals surface area contributed by atoms with E-state index in [-0.39, 0.29) is 0 Å². The van der Waals surface area contributed by atoms with Gasteiger partial charge in [-0.25, -0.2) is 4.79 Å². The van der Waals surface area contributed by atoms with E-state index in [1.807, 2.05) is 12.5 Å². The van der Waals surface area contributed by atoms with Crippen LogP contribution in [0.1, 0.15) is 45.4 Å². The maximum Gasteiger partial charge on any atom is 0.327 e. The van der Waals surface area contributed by atoms with E-state index in [2.05, 4.69) is 13.5 Å². The number of carboxylic acid groups (broad SMARTS) is 1. The zero-order chi connectivity index (χ0) is 22.7. The van der Waals surface area contributed by atoms with E-state index < -0.39 is 36.3 Å². The standard InChI is InChI=1S/C16H32N2O4S2.C3H4O2/c1-4-5-6-7-14(21-15(19)12(17)8-10-23-2)22-16(20)13(18)9-11-24-3;1-2-3(4)5/h12-14H,4-11,17-18H2,1-3H3;2H,1H2,(H,4,5)/t12-,13-;/m0./s1. The van der Waals surface area contributed by atoms with E-state index in [1.165, 1.54) is 0 Å². The zero-order valence-electron chi connectivity index (χ0n) is 17.6. The number of carboxylic acids is 1. The van der Waals surface area contributed by atoms with Crippen LogP contribution in [0.5, 0.6) is 0 Å². The topological polar surface area (TPSA) is 142 Å². The SMILES string of the molecule is C=CC(=O)O.CCCCCC(OC(=O)[C@@H](N)CCSC)OC(=O)[C@@H](N)CCSC. The first-order valence-corrected chi connectivity index (χ1v) is 12.3. The van der Waals surface area contributed by atoms with Crippen LogP contribution in [-0.2, 0) is 23.9 Å². The Morgan fingerprint density at radius 1 is 0.966 bits per heavy atom. The number of nitrogens with two attached hydrogens (primary N) is 2. The number of aliphatic carboxylic acids is 1. The lowest BCUT2D eigenvalue weighted by Gasteiger charge is -2.22. The fraction of sp³-hybridized carbons (Fsp3) is 0.737. The molecule has 0 fully saturated rings. The third-order valence-electron chi connectivity index (χ3n) is 3.58. The molecule has 0 saturated carbocycles. The number of carbonyl (C=O) groups is 3. The minimum absolute atomic E-state index is 0.468. The Morgan fingerprint density at radius 2 is 1.38 bits per heavy atom. The summed E-state index contributed by atoms with van der Waals surface area (Å²) < 4.78 is 10.6. The van der Waals surface area contributed by atoms with Crippen LogP contribution in [0.25, 0.3) is 0 Å². The van der Waals surface area contributed by atoms with E-state index >= 15 is 0 Å². The lowest BCUT2D eigenvalue weighted by molar-refractivity contribution is -0.191. The van der Waals surface area contributed by atoms with Crippen LogP contribution < -0.4 is 11.5 Å². The molecular formula is C19H36N2O6S2. The molecule has 0 spiro atoms. The smallest absolute Gasteiger partial charge is 0.327 e. The van der Waals surface area contributed by atoms with Crippen molar-refractivity contribution in [2.75, 3.05) is 24.0 Å². The molecule has 0 aromatic heterocycles. The van der Waals surface area contributed by atoms with Gasteiger partial charge in [0.2, 0.25) is 6.29 Å². The lowest BCUT2D eigenvalue weighted by Crippen LogP contribution is -2.40. The molecule has 0 unspecified atom stereocenters. The molecule has 0 heterocycles. The van der Waals surface area contributed by atoms with E-state index in [4.69, 9.17) is 26.0 Å². The highest BCUT2D eigenvalue weighted by molar-refractivity contribution is 7.98. The highest BCUT2D eigenvalue weighted by atomic mass is 32.2. The molecule has 0 amide bonds. The van der Waals surface area contributed by atoms with Gasteiger partial charge in [0, 0.05) is 12.5 Å². The molecule has 29 heavy (non-hydrogen) atoms. The third-order valence-corrected chi connectivity index (χ3v) is 4.87. The molecule has 170 valence electrons. The lowest BCUT2D eigenvalue weighted by atomic mass is 10.2. The van der Waals surface area contributed by atoms with Crippen molar-refractivity contribution in [3.63, 3.8) is 0 Å². The molecule has 8 nitrogen and oxygen atoms in total. The van der Waals surface area contributed by atoms with E-state index in [1.54, 1.807) is 23.5 Å². The van der Waals surface area contributed by atoms with Crippen molar-refractivity contribution in [1.29, 1.82) is 0 Å². The van der Waals surface area contributed by atoms with Crippen molar-refractivity contribution >= 4 is 41.4 Å². The number of unbranched alkanes of at least 4 members (excludes halogenated alkanes) is 2. The average molecular weight is 453 g/mol. The summed E-state index contributed by atoms with van der Waals surface area (Å²) >= 11 is 3.23. The minimum Gasteiger partial charge on any atom is -0.478 e. The van der Waals surface area contributed by atoms with Gasteiger partial charge in [-0.15, -0.1) is 0 Å². The Morgan fingerprint density at radius 3 is 1.69 bits per heavy atom. The molecule has 10 heteroatoms. The monoisotopic (exact) mass is 452 g/mol. The Bertz CT molecular complexity index is 452. The third kappa shape index (κ3) is 18.5. The summed E-state index contributed by atoms with van der Waals surface area (Å²) in [5, 5.41) is 7.60. The van der Waals surface area contributed by atoms with Crippen molar-refractivity contribution in [3.8, 4) is 0 Å². The number of hydrogen-bond donors (Lipinski definition) is 3. The Hall–Kier alpha value is -1.23. The number of carbonyl (C=O) groups excluding carboxylic acids is 2. The van der Waals surface area contributed by atoms with Crippen molar-refractivity contribution in [3.05, 3.63) is 12.7 Å². The number of ether oxygens (including phenoxy) is 2. The number of thioether (sulfide) groups is 2. The molecule has 0 aromatic rings. The molecule has 0 aliphatic heterocycles. The Labute approximate surface area is 182 Å². The van der Waals surface area contributed by atoms with Gasteiger partial charge in [-0.2, -0.15) is 23.5 Å². The zero-order valence-corrected chi connectivity index (χ0v) is 19.3. The molecule has 0 aromatic carbocycles. The maximum atomic E-state index is 12.0. The van der Waals surface area contributed by atoms with Crippen LogP contribution in [0, 0.1) is 0 Å². The number of hydrogen-bond acceptors (Lipinski definition) is 9. The van der Waals surface area contributed by atoms with E-state index in [0.717, 1.165) is 36.8 Å². The molecular weight excluding hydrogens is 416 g/mol. The van der Waals surface area contributed by atoms with Crippen molar-refractivity contribution < 1.29 is 29.0 Å². The number of esters is 2. The van der Waals surface area contributed by atoms with Crippen LogP contribution in [-0.4, -0.2) is 65.4 Å². The van der Waals surface area contributed by atoms with Gasteiger partial charge in [-0.3, -0.25) is 9.59 Å². The van der Waals surface area contributed by atoms with Gasteiger partial charge >= 0.3 is 17.9 Å². The summed E-state index contributed by atoms with van der Waals surface area (Å²) in [6.45, 7) is 5.03. The predicted octanol–water partition coefficient (Wildman–Crippen LogP) is 2.40. The second-order valence-electron chi connectivity index (χ2n) is 6.12. The van der Waals surface area contributed by atoms with Crippen LogP contribution in [0.4, 0.5) is 0 Å². The van der Waals surface area contributed by atoms with Gasteiger partial charge in [0.1, 0.15) is 12.1 Å². The average Bonchev–Trinajstić information content (AvgIpc) is 2.70. The summed E-state index contributed by atoms with van der Waals surface area (Å²) in [5.74, 6) is -0.497. The highest BCUT2D eigenvalue weighted by Gasteiger charge is 2.25. The first-order valence-electron chi connectivity index (χ1n) is 9.48. The molecule has 0 aliphatic carbocycles. The first kappa shape index (κ1) is 30.0. The minimum atomic E-state index is -0.981. The summed E-state index contributed by atoms with van der Waals surface area (Å²) in [6, 6.07) is -1.40. The van der Waals surface area contributed by atoms with Gasteiger partial charge in [-0.1, -0.05) is 26.3 Å². The van der Waals surface area contributed by atoms with Crippen LogP contribution in [0.15, 0.2) is 12.7 Å². The molecule has 0 rings (SSSR count). The summed E-state index contributed by atoms with van der Waals surface area (Å²) in [5.41, 5.74) is 11.6. The highest BCUT2D eigenvalue weighted by Crippen LogP contribution is 2.12. The largest absolute Gasteiger partial charge is 0.478 e. The molecule has 5 N–H and O–H groups in total. The number of rotatable bonds is 15.